The van der Waals surface area contributed by atoms with Gasteiger partial charge in [-0.15, -0.1) is 0 Å². The summed E-state index contributed by atoms with van der Waals surface area (Å²) in [5.41, 5.74) is 6.08. The molecule has 5 nitrogen and oxygen atoms in total. The zero-order valence-corrected chi connectivity index (χ0v) is 12.8. The van der Waals surface area contributed by atoms with Gasteiger partial charge in [0.05, 0.1) is 5.69 Å². The highest BCUT2D eigenvalue weighted by molar-refractivity contribution is 7.89. The predicted octanol–water partition coefficient (Wildman–Crippen LogP) is 1.67. The second kappa shape index (κ2) is 5.71. The lowest BCUT2D eigenvalue weighted by Gasteiger charge is -2.30. The van der Waals surface area contributed by atoms with Gasteiger partial charge in [0.1, 0.15) is 4.90 Å². The molecule has 0 radical (unpaired) electrons. The molecule has 1 aromatic carbocycles. The van der Waals surface area contributed by atoms with E-state index in [4.69, 9.17) is 5.73 Å². The van der Waals surface area contributed by atoms with Crippen molar-refractivity contribution in [1.29, 1.82) is 0 Å². The number of sulfonamides is 1. The van der Waals surface area contributed by atoms with E-state index in [1.165, 1.54) is 0 Å². The number of hydrogen-bond donors (Lipinski definition) is 3. The van der Waals surface area contributed by atoms with Gasteiger partial charge in [0, 0.05) is 18.1 Å². The van der Waals surface area contributed by atoms with Crippen LogP contribution in [0.3, 0.4) is 0 Å². The van der Waals surface area contributed by atoms with Crippen LogP contribution in [0.4, 0.5) is 5.69 Å². The molecule has 0 saturated heterocycles. The second-order valence-corrected chi connectivity index (χ2v) is 7.32. The van der Waals surface area contributed by atoms with Crippen LogP contribution in [-0.2, 0) is 10.0 Å². The topological polar surface area (TPSA) is 84.2 Å². The van der Waals surface area contributed by atoms with Gasteiger partial charge in [-0.05, 0) is 38.3 Å². The Kier molecular flexibility index (Phi) is 4.36. The van der Waals surface area contributed by atoms with E-state index in [-0.39, 0.29) is 11.6 Å². The zero-order chi connectivity index (χ0) is 14.8. The smallest absolute Gasteiger partial charge is 0.242 e. The van der Waals surface area contributed by atoms with Crippen molar-refractivity contribution >= 4 is 15.7 Å². The molecule has 1 fully saturated rings. The van der Waals surface area contributed by atoms with Crippen molar-refractivity contribution in [1.82, 2.24) is 4.72 Å². The number of benzene rings is 1. The minimum absolute atomic E-state index is 0.0973. The summed E-state index contributed by atoms with van der Waals surface area (Å²) in [6.07, 6.45) is 2.66. The average molecular weight is 297 g/mol. The summed E-state index contributed by atoms with van der Waals surface area (Å²) in [5, 5.41) is 3.28. The van der Waals surface area contributed by atoms with Crippen LogP contribution in [0.2, 0.25) is 0 Å². The first-order valence-electron chi connectivity index (χ1n) is 7.00. The molecule has 1 atom stereocenters. The van der Waals surface area contributed by atoms with E-state index in [0.717, 1.165) is 19.3 Å². The van der Waals surface area contributed by atoms with Gasteiger partial charge in [-0.2, -0.15) is 0 Å². The molecule has 1 aliphatic carbocycles. The first-order chi connectivity index (χ1) is 9.40. The number of para-hydroxylation sites is 1. The van der Waals surface area contributed by atoms with Gasteiger partial charge in [-0.25, -0.2) is 13.1 Å². The molecule has 1 unspecified atom stereocenters. The Morgan fingerprint density at radius 2 is 2.00 bits per heavy atom. The molecule has 6 heteroatoms. The van der Waals surface area contributed by atoms with E-state index in [1.807, 2.05) is 19.9 Å². The van der Waals surface area contributed by atoms with E-state index in [0.29, 0.717) is 17.1 Å². The standard InChI is InChI=1S/C14H23N3O2S/c1-3-14(2,10-15)16-12-6-4-5-7-13(12)20(18,19)17-11-8-9-11/h4-7,11,16-17H,3,8-10,15H2,1-2H3. The molecule has 0 aromatic heterocycles. The maximum atomic E-state index is 12.4. The molecule has 0 bridgehead atoms. The van der Waals surface area contributed by atoms with Crippen LogP contribution < -0.4 is 15.8 Å². The Labute approximate surface area is 121 Å². The van der Waals surface area contributed by atoms with Crippen molar-refractivity contribution in [2.75, 3.05) is 11.9 Å². The van der Waals surface area contributed by atoms with Crippen molar-refractivity contribution in [3.63, 3.8) is 0 Å². The van der Waals surface area contributed by atoms with E-state index >= 15 is 0 Å². The average Bonchev–Trinajstić information content (AvgIpc) is 3.22. The molecule has 20 heavy (non-hydrogen) atoms. The van der Waals surface area contributed by atoms with E-state index < -0.39 is 10.0 Å². The molecule has 2 rings (SSSR count). The maximum Gasteiger partial charge on any atom is 0.242 e. The first kappa shape index (κ1) is 15.3. The Morgan fingerprint density at radius 3 is 2.55 bits per heavy atom. The summed E-state index contributed by atoms with van der Waals surface area (Å²) in [5.74, 6) is 0. The highest BCUT2D eigenvalue weighted by Crippen LogP contribution is 2.28. The molecule has 1 aromatic rings. The van der Waals surface area contributed by atoms with E-state index in [9.17, 15) is 8.42 Å². The molecule has 4 N–H and O–H groups in total. The summed E-state index contributed by atoms with van der Waals surface area (Å²) in [4.78, 5) is 0.292. The Hall–Kier alpha value is -1.11. The summed E-state index contributed by atoms with van der Waals surface area (Å²) in [7, 11) is -3.47. The largest absolute Gasteiger partial charge is 0.378 e. The molecule has 1 aliphatic rings. The van der Waals surface area contributed by atoms with Gasteiger partial charge in [0.2, 0.25) is 10.0 Å². The van der Waals surface area contributed by atoms with Gasteiger partial charge in [-0.1, -0.05) is 19.1 Å². The summed E-state index contributed by atoms with van der Waals surface area (Å²) >= 11 is 0. The third-order valence-corrected chi connectivity index (χ3v) is 5.32. The quantitative estimate of drug-likeness (QED) is 0.715. The molecule has 0 spiro atoms. The van der Waals surface area contributed by atoms with Crippen LogP contribution in [0.25, 0.3) is 0 Å². The molecule has 112 valence electrons. The van der Waals surface area contributed by atoms with Gasteiger partial charge in [-0.3, -0.25) is 0 Å². The van der Waals surface area contributed by atoms with Gasteiger partial charge < -0.3 is 11.1 Å². The predicted molar refractivity (Wildman–Crippen MR) is 81.2 cm³/mol. The van der Waals surface area contributed by atoms with Crippen molar-refractivity contribution in [2.24, 2.45) is 5.73 Å². The molecule has 1 saturated carbocycles. The summed E-state index contributed by atoms with van der Waals surface area (Å²) in [6, 6.07) is 7.06. The highest BCUT2D eigenvalue weighted by atomic mass is 32.2. The van der Waals surface area contributed by atoms with Gasteiger partial charge in [0.15, 0.2) is 0 Å². The number of rotatable bonds is 7. The minimum atomic E-state index is -3.47. The van der Waals surface area contributed by atoms with E-state index in [2.05, 4.69) is 10.0 Å². The SMILES string of the molecule is CCC(C)(CN)Nc1ccccc1S(=O)(=O)NC1CC1. The van der Waals surface area contributed by atoms with Crippen LogP contribution in [0.5, 0.6) is 0 Å². The lowest BCUT2D eigenvalue weighted by atomic mass is 9.99. The molecule has 0 amide bonds. The third kappa shape index (κ3) is 3.50. The van der Waals surface area contributed by atoms with Crippen molar-refractivity contribution in [3.8, 4) is 0 Å². The monoisotopic (exact) mass is 297 g/mol. The van der Waals surface area contributed by atoms with Crippen molar-refractivity contribution in [3.05, 3.63) is 24.3 Å². The normalized spacial score (nSPS) is 18.6. The second-order valence-electron chi connectivity index (χ2n) is 5.64. The maximum absolute atomic E-state index is 12.4. The number of anilines is 1. The van der Waals surface area contributed by atoms with Gasteiger partial charge >= 0.3 is 0 Å². The number of nitrogens with two attached hydrogens (primary N) is 1. The lowest BCUT2D eigenvalue weighted by Crippen LogP contribution is -2.42. The van der Waals surface area contributed by atoms with Crippen LogP contribution in [-0.4, -0.2) is 26.5 Å². The summed E-state index contributed by atoms with van der Waals surface area (Å²) < 4.78 is 27.5. The van der Waals surface area contributed by atoms with Crippen LogP contribution in [0.15, 0.2) is 29.2 Å². The van der Waals surface area contributed by atoms with Gasteiger partial charge in [0.25, 0.3) is 0 Å². The zero-order valence-electron chi connectivity index (χ0n) is 12.0. The third-order valence-electron chi connectivity index (χ3n) is 3.74. The fraction of sp³-hybridized carbons (Fsp3) is 0.571. The highest BCUT2D eigenvalue weighted by Gasteiger charge is 2.30. The first-order valence-corrected chi connectivity index (χ1v) is 8.48. The molecule has 0 heterocycles. The Morgan fingerprint density at radius 1 is 1.35 bits per heavy atom. The van der Waals surface area contributed by atoms with Crippen LogP contribution >= 0.6 is 0 Å². The molecular weight excluding hydrogens is 274 g/mol. The minimum Gasteiger partial charge on any atom is -0.378 e. The van der Waals surface area contributed by atoms with E-state index in [1.54, 1.807) is 18.2 Å². The van der Waals surface area contributed by atoms with Crippen molar-refractivity contribution in [2.45, 2.75) is 49.6 Å². The fourth-order valence-electron chi connectivity index (χ4n) is 1.90. The van der Waals surface area contributed by atoms with Crippen molar-refractivity contribution < 1.29 is 8.42 Å². The fourth-order valence-corrected chi connectivity index (χ4v) is 3.37. The lowest BCUT2D eigenvalue weighted by molar-refractivity contribution is 0.505. The molecular formula is C14H23N3O2S. The van der Waals surface area contributed by atoms with Crippen LogP contribution in [0.1, 0.15) is 33.1 Å². The number of nitrogens with one attached hydrogen (secondary N) is 2. The summed E-state index contributed by atoms with van der Waals surface area (Å²) in [6.45, 7) is 4.46. The number of hydrogen-bond acceptors (Lipinski definition) is 4. The van der Waals surface area contributed by atoms with Crippen LogP contribution in [0, 0.1) is 0 Å². The molecule has 0 aliphatic heterocycles. The Bertz CT molecular complexity index is 564. The Balaban J connectivity index is 2.30.